The first-order chi connectivity index (χ1) is 13.1. The van der Waals surface area contributed by atoms with Gasteiger partial charge in [-0.05, 0) is 50.3 Å². The molecule has 0 radical (unpaired) electrons. The van der Waals surface area contributed by atoms with Crippen molar-refractivity contribution < 1.29 is 19.1 Å². The maximum atomic E-state index is 12.7. The number of carbonyl (C=O) groups excluding carboxylic acids is 2. The molecule has 3 aliphatic rings. The van der Waals surface area contributed by atoms with Gasteiger partial charge in [-0.15, -0.1) is 0 Å². The average Bonchev–Trinajstić information content (AvgIpc) is 3.18. The number of ether oxygens (including phenoxy) is 2. The maximum absolute atomic E-state index is 12.7. The molecule has 4 rings (SSSR count). The minimum atomic E-state index is -0.257. The number of aryl methyl sites for hydroxylation is 1. The van der Waals surface area contributed by atoms with Crippen LogP contribution in [0.3, 0.4) is 0 Å². The van der Waals surface area contributed by atoms with Crippen LogP contribution >= 0.6 is 0 Å². The van der Waals surface area contributed by atoms with Crippen molar-refractivity contribution in [2.45, 2.75) is 44.8 Å². The fraction of sp³-hybridized carbons (Fsp3) is 0.619. The Bertz CT molecular complexity index is 687. The van der Waals surface area contributed by atoms with Crippen LogP contribution in [0.4, 0.5) is 0 Å². The number of nitrogens with zero attached hydrogens (tertiary/aromatic N) is 2. The second-order valence-electron chi connectivity index (χ2n) is 7.90. The third-order valence-electron chi connectivity index (χ3n) is 5.81. The van der Waals surface area contributed by atoms with Crippen LogP contribution in [0, 0.1) is 12.8 Å². The SMILES string of the molecule is Cc1cccc(OC2CN(C(=O)C3CCN(C(=O)[C@@H]4CCCO4)CC3)C2)c1. The maximum Gasteiger partial charge on any atom is 0.251 e. The molecule has 3 aliphatic heterocycles. The van der Waals surface area contributed by atoms with Gasteiger partial charge in [0.2, 0.25) is 5.91 Å². The third kappa shape index (κ3) is 4.10. The first-order valence-electron chi connectivity index (χ1n) is 10.0. The van der Waals surface area contributed by atoms with E-state index in [1.165, 1.54) is 5.56 Å². The normalized spacial score (nSPS) is 24.0. The lowest BCUT2D eigenvalue weighted by Gasteiger charge is -2.42. The predicted molar refractivity (Wildman–Crippen MR) is 100 cm³/mol. The van der Waals surface area contributed by atoms with Crippen molar-refractivity contribution in [3.63, 3.8) is 0 Å². The van der Waals surface area contributed by atoms with Crippen molar-refractivity contribution in [2.24, 2.45) is 5.92 Å². The van der Waals surface area contributed by atoms with E-state index in [0.717, 1.165) is 31.4 Å². The molecule has 2 amide bonds. The molecule has 1 aromatic carbocycles. The number of amides is 2. The Labute approximate surface area is 160 Å². The summed E-state index contributed by atoms with van der Waals surface area (Å²) in [7, 11) is 0. The Morgan fingerprint density at radius 3 is 2.52 bits per heavy atom. The molecule has 3 heterocycles. The largest absolute Gasteiger partial charge is 0.487 e. The van der Waals surface area contributed by atoms with Crippen molar-refractivity contribution in [2.75, 3.05) is 32.8 Å². The molecule has 1 atom stereocenters. The summed E-state index contributed by atoms with van der Waals surface area (Å²) in [5.74, 6) is 1.21. The van der Waals surface area contributed by atoms with Crippen LogP contribution in [0.5, 0.6) is 5.75 Å². The minimum absolute atomic E-state index is 0.0264. The van der Waals surface area contributed by atoms with Crippen LogP contribution in [0.25, 0.3) is 0 Å². The average molecular weight is 372 g/mol. The van der Waals surface area contributed by atoms with E-state index in [1.807, 2.05) is 41.0 Å². The summed E-state index contributed by atoms with van der Waals surface area (Å²) >= 11 is 0. The Balaban J connectivity index is 1.21. The molecule has 3 saturated heterocycles. The van der Waals surface area contributed by atoms with Crippen LogP contribution in [-0.4, -0.2) is 66.6 Å². The number of hydrogen-bond acceptors (Lipinski definition) is 4. The summed E-state index contributed by atoms with van der Waals surface area (Å²) in [6.07, 6.45) is 3.11. The molecule has 146 valence electrons. The molecule has 6 heteroatoms. The Kier molecular flexibility index (Phi) is 5.34. The van der Waals surface area contributed by atoms with Crippen LogP contribution < -0.4 is 4.74 Å². The smallest absolute Gasteiger partial charge is 0.251 e. The van der Waals surface area contributed by atoms with Gasteiger partial charge in [0, 0.05) is 25.6 Å². The lowest BCUT2D eigenvalue weighted by Crippen LogP contribution is -2.58. The quantitative estimate of drug-likeness (QED) is 0.811. The molecule has 6 nitrogen and oxygen atoms in total. The molecule has 0 spiro atoms. The Morgan fingerprint density at radius 2 is 1.85 bits per heavy atom. The number of piperidine rings is 1. The molecule has 0 saturated carbocycles. The van der Waals surface area contributed by atoms with Gasteiger partial charge in [0.15, 0.2) is 0 Å². The van der Waals surface area contributed by atoms with E-state index in [9.17, 15) is 9.59 Å². The van der Waals surface area contributed by atoms with E-state index in [2.05, 4.69) is 0 Å². The zero-order chi connectivity index (χ0) is 18.8. The molecule has 27 heavy (non-hydrogen) atoms. The van der Waals surface area contributed by atoms with Crippen LogP contribution in [0.2, 0.25) is 0 Å². The van der Waals surface area contributed by atoms with Gasteiger partial charge >= 0.3 is 0 Å². The van der Waals surface area contributed by atoms with Crippen molar-refractivity contribution in [3.8, 4) is 5.75 Å². The van der Waals surface area contributed by atoms with Gasteiger partial charge in [-0.1, -0.05) is 12.1 Å². The first kappa shape index (κ1) is 18.3. The second-order valence-corrected chi connectivity index (χ2v) is 7.90. The second kappa shape index (κ2) is 7.89. The molecular weight excluding hydrogens is 344 g/mol. The zero-order valence-corrected chi connectivity index (χ0v) is 15.9. The van der Waals surface area contributed by atoms with Crippen LogP contribution in [-0.2, 0) is 14.3 Å². The Morgan fingerprint density at radius 1 is 1.07 bits per heavy atom. The van der Waals surface area contributed by atoms with Crippen LogP contribution in [0.15, 0.2) is 24.3 Å². The van der Waals surface area contributed by atoms with E-state index >= 15 is 0 Å². The number of benzene rings is 1. The highest BCUT2D eigenvalue weighted by Gasteiger charge is 2.38. The van der Waals surface area contributed by atoms with Crippen molar-refractivity contribution in [1.29, 1.82) is 0 Å². The summed E-state index contributed by atoms with van der Waals surface area (Å²) in [6, 6.07) is 8.00. The lowest BCUT2D eigenvalue weighted by molar-refractivity contribution is -0.150. The number of carbonyl (C=O) groups is 2. The molecule has 0 aliphatic carbocycles. The van der Waals surface area contributed by atoms with Gasteiger partial charge in [-0.3, -0.25) is 9.59 Å². The summed E-state index contributed by atoms with van der Waals surface area (Å²) in [4.78, 5) is 28.9. The fourth-order valence-electron chi connectivity index (χ4n) is 4.15. The van der Waals surface area contributed by atoms with E-state index < -0.39 is 0 Å². The third-order valence-corrected chi connectivity index (χ3v) is 5.81. The monoisotopic (exact) mass is 372 g/mol. The van der Waals surface area contributed by atoms with Crippen molar-refractivity contribution in [3.05, 3.63) is 29.8 Å². The molecule has 0 N–H and O–H groups in total. The van der Waals surface area contributed by atoms with Gasteiger partial charge in [-0.25, -0.2) is 0 Å². The van der Waals surface area contributed by atoms with Gasteiger partial charge < -0.3 is 19.3 Å². The van der Waals surface area contributed by atoms with Crippen molar-refractivity contribution in [1.82, 2.24) is 9.80 Å². The van der Waals surface area contributed by atoms with Gasteiger partial charge in [0.25, 0.3) is 5.91 Å². The van der Waals surface area contributed by atoms with Gasteiger partial charge in [0.1, 0.15) is 18.0 Å². The van der Waals surface area contributed by atoms with E-state index in [4.69, 9.17) is 9.47 Å². The summed E-state index contributed by atoms with van der Waals surface area (Å²) in [6.45, 7) is 5.35. The Hall–Kier alpha value is -2.08. The highest BCUT2D eigenvalue weighted by atomic mass is 16.5. The molecular formula is C21H28N2O4. The summed E-state index contributed by atoms with van der Waals surface area (Å²) in [5, 5.41) is 0. The fourth-order valence-corrected chi connectivity index (χ4v) is 4.15. The zero-order valence-electron chi connectivity index (χ0n) is 15.9. The van der Waals surface area contributed by atoms with Crippen LogP contribution in [0.1, 0.15) is 31.2 Å². The first-order valence-corrected chi connectivity index (χ1v) is 10.0. The molecule has 0 unspecified atom stereocenters. The number of rotatable bonds is 4. The minimum Gasteiger partial charge on any atom is -0.487 e. The van der Waals surface area contributed by atoms with E-state index in [1.54, 1.807) is 0 Å². The predicted octanol–water partition coefficient (Wildman–Crippen LogP) is 2.00. The van der Waals surface area contributed by atoms with Gasteiger partial charge in [0.05, 0.1) is 13.1 Å². The van der Waals surface area contributed by atoms with E-state index in [0.29, 0.717) is 32.8 Å². The summed E-state index contributed by atoms with van der Waals surface area (Å²) < 4.78 is 11.4. The molecule has 0 bridgehead atoms. The highest BCUT2D eigenvalue weighted by Crippen LogP contribution is 2.26. The standard InChI is InChI=1S/C21H28N2O4/c1-15-4-2-5-17(12-15)27-18-13-23(14-18)20(24)16-7-9-22(10-8-16)21(25)19-6-3-11-26-19/h2,4-5,12,16,18-19H,3,6-11,13-14H2,1H3/t19-/m0/s1. The topological polar surface area (TPSA) is 59.1 Å². The van der Waals surface area contributed by atoms with Gasteiger partial charge in [-0.2, -0.15) is 0 Å². The molecule has 0 aromatic heterocycles. The number of likely N-dealkylation sites (tertiary alicyclic amines) is 2. The van der Waals surface area contributed by atoms with E-state index in [-0.39, 0.29) is 29.9 Å². The summed E-state index contributed by atoms with van der Waals surface area (Å²) in [5.41, 5.74) is 1.17. The molecule has 3 fully saturated rings. The lowest BCUT2D eigenvalue weighted by atomic mass is 9.93. The molecule has 1 aromatic rings. The number of hydrogen-bond donors (Lipinski definition) is 0. The highest BCUT2D eigenvalue weighted by molar-refractivity contribution is 5.83. The van der Waals surface area contributed by atoms with Crippen molar-refractivity contribution >= 4 is 11.8 Å².